The maximum Gasteiger partial charge on any atom is 0.422 e. The Morgan fingerprint density at radius 2 is 1.78 bits per heavy atom. The lowest BCUT2D eigenvalue weighted by atomic mass is 10.2. The lowest BCUT2D eigenvalue weighted by molar-refractivity contribution is -0.153. The van der Waals surface area contributed by atoms with E-state index >= 15 is 0 Å². The monoisotopic (exact) mass is 588 g/mol. The Labute approximate surface area is 237 Å². The molecule has 2 heterocycles. The molecular weight excluding hydrogens is 561 g/mol. The van der Waals surface area contributed by atoms with E-state index in [-0.39, 0.29) is 35.5 Å². The number of imidazole rings is 1. The number of nitrogens with zero attached hydrogens (tertiary/aromatic N) is 4. The number of carbonyl (C=O) groups is 2. The van der Waals surface area contributed by atoms with Crippen LogP contribution in [0.2, 0.25) is 0 Å². The second-order valence-corrected chi connectivity index (χ2v) is 10.4. The Bertz CT molecular complexity index is 1510. The van der Waals surface area contributed by atoms with Crippen LogP contribution in [-0.4, -0.2) is 69.0 Å². The van der Waals surface area contributed by atoms with E-state index in [1.807, 2.05) is 0 Å². The van der Waals surface area contributed by atoms with E-state index in [2.05, 4.69) is 9.97 Å². The van der Waals surface area contributed by atoms with Crippen molar-refractivity contribution in [1.29, 1.82) is 0 Å². The van der Waals surface area contributed by atoms with Crippen LogP contribution in [-0.2, 0) is 21.7 Å². The summed E-state index contributed by atoms with van der Waals surface area (Å²) in [5, 5.41) is -0.0265. The maximum atomic E-state index is 13.5. The summed E-state index contributed by atoms with van der Waals surface area (Å²) in [6, 6.07) is 16.2. The SMILES string of the molecule is Cc1c(OCC(F)(F)F)ccnc1C[S@@+]([O-])c1nc2ccccc2n1C(=O)N(C)CCCOC(=O)c1ccccc1. The topological polar surface area (TPSA) is 110 Å². The zero-order chi connectivity index (χ0) is 29.6. The van der Waals surface area contributed by atoms with Crippen LogP contribution in [0.1, 0.15) is 28.0 Å². The Morgan fingerprint density at radius 3 is 2.51 bits per heavy atom. The summed E-state index contributed by atoms with van der Waals surface area (Å²) in [7, 11) is 1.57. The molecule has 41 heavy (non-hydrogen) atoms. The quantitative estimate of drug-likeness (QED) is 0.143. The van der Waals surface area contributed by atoms with Crippen molar-refractivity contribution >= 4 is 34.2 Å². The minimum atomic E-state index is -4.51. The van der Waals surface area contributed by atoms with E-state index in [0.717, 1.165) is 0 Å². The fourth-order valence-corrected chi connectivity index (χ4v) is 5.19. The largest absolute Gasteiger partial charge is 0.609 e. The predicted molar refractivity (Wildman–Crippen MR) is 145 cm³/mol. The molecule has 0 unspecified atom stereocenters. The normalized spacial score (nSPS) is 12.2. The fourth-order valence-electron chi connectivity index (χ4n) is 3.94. The van der Waals surface area contributed by atoms with Gasteiger partial charge in [0, 0.05) is 36.5 Å². The van der Waals surface area contributed by atoms with Crippen molar-refractivity contribution in [3.8, 4) is 5.75 Å². The third-order valence-corrected chi connectivity index (χ3v) is 7.27. The van der Waals surface area contributed by atoms with E-state index in [0.29, 0.717) is 28.6 Å². The van der Waals surface area contributed by atoms with Crippen molar-refractivity contribution in [3.63, 3.8) is 0 Å². The van der Waals surface area contributed by atoms with E-state index in [1.54, 1.807) is 61.6 Å². The molecule has 1 amide bonds. The van der Waals surface area contributed by atoms with Gasteiger partial charge in [0.05, 0.1) is 28.9 Å². The number of fused-ring (bicyclic) bond motifs is 1. The van der Waals surface area contributed by atoms with Crippen molar-refractivity contribution < 1.29 is 36.8 Å². The van der Waals surface area contributed by atoms with Gasteiger partial charge < -0.3 is 18.9 Å². The number of benzene rings is 2. The highest BCUT2D eigenvalue weighted by Gasteiger charge is 2.31. The molecule has 216 valence electrons. The second-order valence-electron chi connectivity index (χ2n) is 9.05. The van der Waals surface area contributed by atoms with Gasteiger partial charge in [-0.3, -0.25) is 4.98 Å². The number of rotatable bonds is 10. The van der Waals surface area contributed by atoms with Crippen molar-refractivity contribution in [2.24, 2.45) is 0 Å². The summed E-state index contributed by atoms with van der Waals surface area (Å²) >= 11 is -1.90. The molecule has 4 aromatic rings. The van der Waals surface area contributed by atoms with Crippen LogP contribution >= 0.6 is 0 Å². The van der Waals surface area contributed by atoms with Gasteiger partial charge in [-0.15, -0.1) is 0 Å². The van der Waals surface area contributed by atoms with Gasteiger partial charge >= 0.3 is 23.3 Å². The third kappa shape index (κ3) is 7.55. The van der Waals surface area contributed by atoms with Gasteiger partial charge in [-0.25, -0.2) is 14.2 Å². The first-order chi connectivity index (χ1) is 19.5. The first kappa shape index (κ1) is 29.9. The molecule has 1 atom stereocenters. The van der Waals surface area contributed by atoms with Crippen LogP contribution in [0.15, 0.2) is 72.0 Å². The Morgan fingerprint density at radius 1 is 1.07 bits per heavy atom. The second kappa shape index (κ2) is 13.0. The smallest absolute Gasteiger partial charge is 0.422 e. The summed E-state index contributed by atoms with van der Waals surface area (Å²) in [5.41, 5.74) is 1.87. The number of carbonyl (C=O) groups excluding carboxylic acids is 2. The van der Waals surface area contributed by atoms with Crippen LogP contribution in [0.25, 0.3) is 11.0 Å². The molecule has 0 saturated carbocycles. The molecule has 0 aliphatic heterocycles. The number of esters is 1. The number of hydrogen-bond acceptors (Lipinski definition) is 7. The van der Waals surface area contributed by atoms with Gasteiger partial charge in [0.2, 0.25) is 0 Å². The molecule has 0 aliphatic carbocycles. The summed E-state index contributed by atoms with van der Waals surface area (Å²) in [4.78, 5) is 35.6. The number of hydrogen-bond donors (Lipinski definition) is 0. The first-order valence-corrected chi connectivity index (χ1v) is 13.8. The van der Waals surface area contributed by atoms with Crippen LogP contribution in [0.4, 0.5) is 18.0 Å². The van der Waals surface area contributed by atoms with Crippen molar-refractivity contribution in [1.82, 2.24) is 19.4 Å². The zero-order valence-corrected chi connectivity index (χ0v) is 23.1. The lowest BCUT2D eigenvalue weighted by Gasteiger charge is -2.19. The molecule has 9 nitrogen and oxygen atoms in total. The van der Waals surface area contributed by atoms with E-state index in [1.165, 1.54) is 28.7 Å². The number of pyridine rings is 1. The molecule has 0 spiro atoms. The average molecular weight is 589 g/mol. The molecule has 2 aromatic heterocycles. The van der Waals surface area contributed by atoms with E-state index < -0.39 is 36.0 Å². The van der Waals surface area contributed by atoms with Crippen LogP contribution < -0.4 is 4.74 Å². The summed E-state index contributed by atoms with van der Waals surface area (Å²) in [6.45, 7) is 0.380. The number of amides is 1. The molecule has 0 N–H and O–H groups in total. The molecule has 2 aromatic carbocycles. The Hall–Kier alpha value is -4.10. The van der Waals surface area contributed by atoms with Gasteiger partial charge in [0.25, 0.3) is 0 Å². The molecule has 4 rings (SSSR count). The number of alkyl halides is 3. The lowest BCUT2D eigenvalue weighted by Crippen LogP contribution is -2.34. The molecule has 0 fully saturated rings. The molecule has 0 aliphatic rings. The van der Waals surface area contributed by atoms with Crippen LogP contribution in [0.3, 0.4) is 0 Å². The van der Waals surface area contributed by atoms with Gasteiger partial charge in [0.1, 0.15) is 5.75 Å². The summed E-state index contributed by atoms with van der Waals surface area (Å²) in [5.74, 6) is -0.693. The standard InChI is InChI=1S/C28H27F3N4O5S/c1-19-22(32-14-13-24(19)40-18-28(29,30)31)17-41(38)26-33-21-11-6-7-12-23(21)35(26)27(37)34(2)15-8-16-39-25(36)20-9-4-3-5-10-20/h3-7,9-14H,8,15-18H2,1-2H3/t41-/m1/s1. The summed E-state index contributed by atoms with van der Waals surface area (Å²) < 4.78 is 62.8. The molecule has 0 radical (unpaired) electrons. The highest BCUT2D eigenvalue weighted by atomic mass is 32.2. The maximum absolute atomic E-state index is 13.5. The van der Waals surface area contributed by atoms with Crippen LogP contribution in [0, 0.1) is 6.92 Å². The zero-order valence-electron chi connectivity index (χ0n) is 22.3. The highest BCUT2D eigenvalue weighted by molar-refractivity contribution is 7.90. The van der Waals surface area contributed by atoms with Crippen molar-refractivity contribution in [3.05, 3.63) is 83.7 Å². The summed E-state index contributed by atoms with van der Waals surface area (Å²) in [6.07, 6.45) is -2.88. The van der Waals surface area contributed by atoms with Crippen LogP contribution in [0.5, 0.6) is 5.75 Å². The van der Waals surface area contributed by atoms with E-state index in [4.69, 9.17) is 9.47 Å². The fraction of sp³-hybridized carbons (Fsp3) is 0.286. The molecular formula is C28H27F3N4O5S. The van der Waals surface area contributed by atoms with Gasteiger partial charge in [-0.05, 0) is 43.7 Å². The highest BCUT2D eigenvalue weighted by Crippen LogP contribution is 2.27. The number of aromatic nitrogens is 3. The van der Waals surface area contributed by atoms with Gasteiger partial charge in [-0.1, -0.05) is 30.3 Å². The van der Waals surface area contributed by atoms with Crippen molar-refractivity contribution in [2.45, 2.75) is 30.4 Å². The van der Waals surface area contributed by atoms with Gasteiger partial charge in [0.15, 0.2) is 12.4 Å². The first-order valence-electron chi connectivity index (χ1n) is 12.5. The minimum absolute atomic E-state index is 0.0263. The Kier molecular flexibility index (Phi) is 9.50. The third-order valence-electron chi connectivity index (χ3n) is 6.05. The predicted octanol–water partition coefficient (Wildman–Crippen LogP) is 5.14. The number of para-hydroxylation sites is 2. The average Bonchev–Trinajstić information content (AvgIpc) is 3.35. The number of ether oxygens (including phenoxy) is 2. The van der Waals surface area contributed by atoms with Gasteiger partial charge in [-0.2, -0.15) is 18.2 Å². The number of halogens is 3. The molecule has 0 bridgehead atoms. The van der Waals surface area contributed by atoms with Crippen molar-refractivity contribution in [2.75, 3.05) is 26.8 Å². The Balaban J connectivity index is 1.47. The molecule has 13 heteroatoms. The molecule has 0 saturated heterocycles. The van der Waals surface area contributed by atoms with E-state index in [9.17, 15) is 27.3 Å². The minimum Gasteiger partial charge on any atom is -0.609 e.